The first-order valence-corrected chi connectivity index (χ1v) is 8.88. The molecule has 0 atom stereocenters. The minimum atomic E-state index is -0.274. The fourth-order valence-electron chi connectivity index (χ4n) is 2.86. The van der Waals surface area contributed by atoms with Crippen molar-refractivity contribution in [2.24, 2.45) is 4.99 Å². The summed E-state index contributed by atoms with van der Waals surface area (Å²) in [7, 11) is 0. The molecule has 2 heterocycles. The van der Waals surface area contributed by atoms with E-state index in [4.69, 9.17) is 14.0 Å². The molecular formula is C20H23N3O4. The maximum Gasteiger partial charge on any atom is 0.280 e. The van der Waals surface area contributed by atoms with Crippen LogP contribution < -0.4 is 10.3 Å². The average Bonchev–Trinajstić information content (AvgIpc) is 3.08. The topological polar surface area (TPSA) is 89.7 Å². The van der Waals surface area contributed by atoms with Gasteiger partial charge in [0.25, 0.3) is 5.56 Å². The molecule has 3 rings (SSSR count). The number of aromatic amines is 1. The summed E-state index contributed by atoms with van der Waals surface area (Å²) in [5.41, 5.74) is 1.70. The molecule has 0 saturated heterocycles. The van der Waals surface area contributed by atoms with Crippen LogP contribution in [0.2, 0.25) is 0 Å². The van der Waals surface area contributed by atoms with Crippen molar-refractivity contribution in [2.45, 2.75) is 38.7 Å². The molecule has 1 aliphatic carbocycles. The number of pyridine rings is 1. The van der Waals surface area contributed by atoms with E-state index in [9.17, 15) is 4.79 Å². The number of ether oxygens (including phenoxy) is 2. The molecule has 0 amide bonds. The second-order valence-corrected chi connectivity index (χ2v) is 6.36. The van der Waals surface area contributed by atoms with Crippen LogP contribution in [-0.4, -0.2) is 29.6 Å². The zero-order valence-corrected chi connectivity index (χ0v) is 15.5. The number of rotatable bonds is 8. The van der Waals surface area contributed by atoms with E-state index in [-0.39, 0.29) is 11.7 Å². The summed E-state index contributed by atoms with van der Waals surface area (Å²) in [4.78, 5) is 19.4. The van der Waals surface area contributed by atoms with E-state index in [1.54, 1.807) is 12.2 Å². The second kappa shape index (κ2) is 8.53. The number of hydrogen-bond acceptors (Lipinski definition) is 6. The lowest BCUT2D eigenvalue weighted by Crippen LogP contribution is -2.29. The number of nitrogens with one attached hydrogen (secondary N) is 1. The molecular weight excluding hydrogens is 346 g/mol. The number of aliphatic imine (C=N–C) groups is 1. The number of nitrogens with zero attached hydrogens (tertiary/aromatic N) is 2. The molecule has 0 unspecified atom stereocenters. The monoisotopic (exact) mass is 369 g/mol. The van der Waals surface area contributed by atoms with Crippen molar-refractivity contribution in [3.63, 3.8) is 0 Å². The Bertz CT molecular complexity index is 886. The van der Waals surface area contributed by atoms with Gasteiger partial charge in [0.1, 0.15) is 6.10 Å². The molecule has 0 aromatic carbocycles. The van der Waals surface area contributed by atoms with E-state index in [0.29, 0.717) is 30.0 Å². The Morgan fingerprint density at radius 1 is 1.44 bits per heavy atom. The van der Waals surface area contributed by atoms with Gasteiger partial charge in [-0.25, -0.2) is 9.98 Å². The maximum absolute atomic E-state index is 11.1. The normalized spacial score (nSPS) is 20.1. The summed E-state index contributed by atoms with van der Waals surface area (Å²) in [5.74, 6) is 2.00. The molecule has 0 radical (unpaired) electrons. The van der Waals surface area contributed by atoms with Crippen LogP contribution in [0.5, 0.6) is 5.88 Å². The van der Waals surface area contributed by atoms with Gasteiger partial charge < -0.3 is 14.0 Å². The third-order valence-corrected chi connectivity index (χ3v) is 4.45. The van der Waals surface area contributed by atoms with Gasteiger partial charge in [-0.15, -0.1) is 0 Å². The molecule has 142 valence electrons. The standard InChI is InChI=1S/C20H23N3O4/c1-4-25-20-8-6-14(12-22-20)15-9-16(10-15)26-19(21-3)7-5-13(2)17-11-18(24)23-27-17/h5-8,11-12,15-16H,3-4,9-10H2,1-2H3,(H,23,24)/b13-5+,19-7+. The average molecular weight is 369 g/mol. The highest BCUT2D eigenvalue weighted by Gasteiger charge is 2.32. The highest BCUT2D eigenvalue weighted by molar-refractivity contribution is 5.60. The molecule has 0 aliphatic heterocycles. The highest BCUT2D eigenvalue weighted by atomic mass is 16.5. The van der Waals surface area contributed by atoms with Gasteiger partial charge in [-0.2, -0.15) is 5.16 Å². The highest BCUT2D eigenvalue weighted by Crippen LogP contribution is 2.39. The van der Waals surface area contributed by atoms with E-state index in [2.05, 4.69) is 27.9 Å². The zero-order valence-electron chi connectivity index (χ0n) is 15.5. The Kier molecular flexibility index (Phi) is 5.90. The fraction of sp³-hybridized carbons (Fsp3) is 0.350. The SMILES string of the molecule is C=N/C(=C\C=C(/C)c1cc(=O)[nH]o1)OC1CC(c2ccc(OCC)nc2)C1. The summed E-state index contributed by atoms with van der Waals surface area (Å²) in [6, 6.07) is 5.34. The van der Waals surface area contributed by atoms with Crippen LogP contribution in [0.15, 0.2) is 56.7 Å². The maximum atomic E-state index is 11.1. The minimum absolute atomic E-state index is 0.0946. The van der Waals surface area contributed by atoms with Crippen LogP contribution >= 0.6 is 0 Å². The number of hydrogen-bond donors (Lipinski definition) is 1. The van der Waals surface area contributed by atoms with Crippen molar-refractivity contribution in [1.82, 2.24) is 10.1 Å². The number of H-pyrrole nitrogens is 1. The quantitative estimate of drug-likeness (QED) is 0.436. The first-order chi connectivity index (χ1) is 13.1. The van der Waals surface area contributed by atoms with Crippen LogP contribution in [0, 0.1) is 0 Å². The van der Waals surface area contributed by atoms with Gasteiger partial charge in [-0.05, 0) is 50.5 Å². The Morgan fingerprint density at radius 3 is 2.85 bits per heavy atom. The molecule has 2 aromatic heterocycles. The Morgan fingerprint density at radius 2 is 2.26 bits per heavy atom. The van der Waals surface area contributed by atoms with Crippen LogP contribution in [0.1, 0.15) is 43.9 Å². The van der Waals surface area contributed by atoms with Crippen LogP contribution in [0.25, 0.3) is 5.57 Å². The summed E-state index contributed by atoms with van der Waals surface area (Å²) < 4.78 is 16.3. The number of allylic oxidation sites excluding steroid dienone is 3. The molecule has 2 aromatic rings. The lowest BCUT2D eigenvalue weighted by molar-refractivity contribution is 0.0355. The molecule has 27 heavy (non-hydrogen) atoms. The predicted octanol–water partition coefficient (Wildman–Crippen LogP) is 3.67. The van der Waals surface area contributed by atoms with Gasteiger partial charge in [-0.1, -0.05) is 12.1 Å². The van der Waals surface area contributed by atoms with Gasteiger partial charge in [0.15, 0.2) is 5.76 Å². The van der Waals surface area contributed by atoms with Gasteiger partial charge in [-0.3, -0.25) is 4.79 Å². The summed E-state index contributed by atoms with van der Waals surface area (Å²) in [5, 5.41) is 2.26. The van der Waals surface area contributed by atoms with Gasteiger partial charge in [0.05, 0.1) is 12.7 Å². The van der Waals surface area contributed by atoms with Crippen LogP contribution in [0.3, 0.4) is 0 Å². The number of aromatic nitrogens is 2. The van der Waals surface area contributed by atoms with Crippen molar-refractivity contribution < 1.29 is 14.0 Å². The third-order valence-electron chi connectivity index (χ3n) is 4.45. The van der Waals surface area contributed by atoms with Gasteiger partial charge in [0.2, 0.25) is 11.8 Å². The smallest absolute Gasteiger partial charge is 0.280 e. The predicted molar refractivity (Wildman–Crippen MR) is 103 cm³/mol. The van der Waals surface area contributed by atoms with Crippen molar-refractivity contribution in [3.05, 3.63) is 64.1 Å². The van der Waals surface area contributed by atoms with Crippen molar-refractivity contribution >= 4 is 12.3 Å². The van der Waals surface area contributed by atoms with Crippen LogP contribution in [-0.2, 0) is 4.74 Å². The van der Waals surface area contributed by atoms with E-state index in [0.717, 1.165) is 18.4 Å². The van der Waals surface area contributed by atoms with Gasteiger partial charge >= 0.3 is 0 Å². The molecule has 0 spiro atoms. The van der Waals surface area contributed by atoms with E-state index in [1.807, 2.05) is 26.1 Å². The van der Waals surface area contributed by atoms with Gasteiger partial charge in [0, 0.05) is 18.3 Å². The third kappa shape index (κ3) is 4.75. The lowest BCUT2D eigenvalue weighted by Gasteiger charge is -2.35. The van der Waals surface area contributed by atoms with Crippen molar-refractivity contribution in [1.29, 1.82) is 0 Å². The molecule has 0 bridgehead atoms. The fourth-order valence-corrected chi connectivity index (χ4v) is 2.86. The molecule has 7 nitrogen and oxygen atoms in total. The van der Waals surface area contributed by atoms with E-state index >= 15 is 0 Å². The molecule has 1 saturated carbocycles. The molecule has 1 N–H and O–H groups in total. The largest absolute Gasteiger partial charge is 0.478 e. The van der Waals surface area contributed by atoms with Crippen molar-refractivity contribution in [3.8, 4) is 5.88 Å². The Hall–Kier alpha value is -3.09. The molecule has 1 aliphatic rings. The second-order valence-electron chi connectivity index (χ2n) is 6.36. The summed E-state index contributed by atoms with van der Waals surface area (Å²) >= 11 is 0. The Balaban J connectivity index is 1.54. The zero-order chi connectivity index (χ0) is 19.2. The summed E-state index contributed by atoms with van der Waals surface area (Å²) in [6.45, 7) is 7.94. The van der Waals surface area contributed by atoms with Crippen LogP contribution in [0.4, 0.5) is 0 Å². The lowest BCUT2D eigenvalue weighted by atomic mass is 9.78. The molecule has 7 heteroatoms. The summed E-state index contributed by atoms with van der Waals surface area (Å²) in [6.07, 6.45) is 7.27. The Labute approximate surface area is 157 Å². The van der Waals surface area contributed by atoms with E-state index < -0.39 is 0 Å². The van der Waals surface area contributed by atoms with E-state index in [1.165, 1.54) is 11.6 Å². The molecule has 1 fully saturated rings. The first-order valence-electron chi connectivity index (χ1n) is 8.88. The minimum Gasteiger partial charge on any atom is -0.478 e. The van der Waals surface area contributed by atoms with Crippen molar-refractivity contribution in [2.75, 3.05) is 6.61 Å². The first kappa shape index (κ1) is 18.7.